The Morgan fingerprint density at radius 3 is 2.06 bits per heavy atom. The minimum absolute atomic E-state index is 0.0418. The fraction of sp³-hybridized carbons (Fsp3) is 0.333. The predicted molar refractivity (Wildman–Crippen MR) is 141 cm³/mol. The highest BCUT2D eigenvalue weighted by molar-refractivity contribution is 5.88. The Bertz CT molecular complexity index is 1070. The van der Waals surface area contributed by atoms with E-state index in [2.05, 4.69) is 10.2 Å². The van der Waals surface area contributed by atoms with Crippen LogP contribution in [0.5, 0.6) is 0 Å². The molecule has 2 amide bonds. The molecule has 3 aromatic carbocycles. The van der Waals surface area contributed by atoms with Crippen molar-refractivity contribution in [3.05, 3.63) is 108 Å². The number of carbonyl (C=O) groups excluding carboxylic acids is 2. The van der Waals surface area contributed by atoms with Crippen LogP contribution in [0.3, 0.4) is 0 Å². The summed E-state index contributed by atoms with van der Waals surface area (Å²) in [6.45, 7) is 4.84. The van der Waals surface area contributed by atoms with E-state index in [4.69, 9.17) is 4.74 Å². The van der Waals surface area contributed by atoms with Crippen molar-refractivity contribution in [2.24, 2.45) is 0 Å². The molecule has 0 unspecified atom stereocenters. The normalized spacial score (nSPS) is 14.7. The lowest BCUT2D eigenvalue weighted by molar-refractivity contribution is -0.141. The number of ether oxygens (including phenoxy) is 1. The van der Waals surface area contributed by atoms with Crippen molar-refractivity contribution >= 4 is 11.8 Å². The first-order valence-corrected chi connectivity index (χ1v) is 12.7. The summed E-state index contributed by atoms with van der Waals surface area (Å²) < 4.78 is 5.42. The van der Waals surface area contributed by atoms with Gasteiger partial charge in [0.15, 0.2) is 0 Å². The van der Waals surface area contributed by atoms with Crippen LogP contribution in [0.2, 0.25) is 0 Å². The van der Waals surface area contributed by atoms with E-state index in [0.717, 1.165) is 49.5 Å². The van der Waals surface area contributed by atoms with Gasteiger partial charge in [0.2, 0.25) is 11.8 Å². The van der Waals surface area contributed by atoms with Crippen LogP contribution in [0.4, 0.5) is 0 Å². The summed E-state index contributed by atoms with van der Waals surface area (Å²) in [5, 5.41) is 3.11. The molecule has 0 radical (unpaired) electrons. The zero-order chi connectivity index (χ0) is 25.0. The molecule has 6 heteroatoms. The fourth-order valence-corrected chi connectivity index (χ4v) is 4.51. The molecule has 0 spiro atoms. The lowest BCUT2D eigenvalue weighted by atomic mass is 10.0. The second-order valence-electron chi connectivity index (χ2n) is 9.05. The highest BCUT2D eigenvalue weighted by Crippen LogP contribution is 2.25. The first kappa shape index (κ1) is 25.6. The van der Waals surface area contributed by atoms with Gasteiger partial charge in [-0.3, -0.25) is 14.5 Å². The second kappa shape index (κ2) is 13.6. The van der Waals surface area contributed by atoms with Crippen molar-refractivity contribution in [1.82, 2.24) is 15.1 Å². The van der Waals surface area contributed by atoms with Gasteiger partial charge in [-0.1, -0.05) is 91.0 Å². The Morgan fingerprint density at radius 2 is 1.42 bits per heavy atom. The molecule has 3 aromatic rings. The minimum Gasteiger partial charge on any atom is -0.379 e. The van der Waals surface area contributed by atoms with Crippen LogP contribution < -0.4 is 5.32 Å². The zero-order valence-corrected chi connectivity index (χ0v) is 20.7. The highest BCUT2D eigenvalue weighted by Gasteiger charge is 2.31. The van der Waals surface area contributed by atoms with Crippen LogP contribution in [-0.4, -0.2) is 61.0 Å². The average molecular weight is 486 g/mol. The largest absolute Gasteiger partial charge is 0.379 e. The lowest BCUT2D eigenvalue weighted by Crippen LogP contribution is -2.46. The first-order chi connectivity index (χ1) is 17.7. The SMILES string of the molecule is O=C(NCCN1CCOCC1)[C@H](c1ccccc1)N(Cc1ccccc1)C(=O)CCc1ccccc1. The average Bonchev–Trinajstić information content (AvgIpc) is 2.94. The highest BCUT2D eigenvalue weighted by atomic mass is 16.5. The van der Waals surface area contributed by atoms with Crippen LogP contribution in [-0.2, 0) is 27.3 Å². The molecule has 36 heavy (non-hydrogen) atoms. The summed E-state index contributed by atoms with van der Waals surface area (Å²) in [6, 6.07) is 28.8. The lowest BCUT2D eigenvalue weighted by Gasteiger charge is -2.32. The van der Waals surface area contributed by atoms with Crippen molar-refractivity contribution in [3.8, 4) is 0 Å². The molecule has 6 nitrogen and oxygen atoms in total. The molecule has 1 atom stereocenters. The number of morpholine rings is 1. The Kier molecular flexibility index (Phi) is 9.65. The van der Waals surface area contributed by atoms with E-state index >= 15 is 0 Å². The zero-order valence-electron chi connectivity index (χ0n) is 20.7. The molecule has 1 heterocycles. The number of aryl methyl sites for hydroxylation is 1. The number of rotatable bonds is 11. The quantitative estimate of drug-likeness (QED) is 0.448. The van der Waals surface area contributed by atoms with Crippen LogP contribution in [0, 0.1) is 0 Å². The van der Waals surface area contributed by atoms with Crippen molar-refractivity contribution in [2.45, 2.75) is 25.4 Å². The number of hydrogen-bond acceptors (Lipinski definition) is 4. The number of hydrogen-bond donors (Lipinski definition) is 1. The van der Waals surface area contributed by atoms with E-state index in [0.29, 0.717) is 25.9 Å². The molecule has 1 aliphatic heterocycles. The number of nitrogens with one attached hydrogen (secondary N) is 1. The molecule has 1 fully saturated rings. The van der Waals surface area contributed by atoms with Crippen molar-refractivity contribution in [1.29, 1.82) is 0 Å². The maximum absolute atomic E-state index is 13.7. The Balaban J connectivity index is 1.53. The topological polar surface area (TPSA) is 61.9 Å². The summed E-state index contributed by atoms with van der Waals surface area (Å²) in [5.41, 5.74) is 2.91. The van der Waals surface area contributed by atoms with Crippen molar-refractivity contribution < 1.29 is 14.3 Å². The van der Waals surface area contributed by atoms with Gasteiger partial charge in [-0.2, -0.15) is 0 Å². The third-order valence-corrected chi connectivity index (χ3v) is 6.49. The molecule has 188 valence electrons. The van der Waals surface area contributed by atoms with Crippen LogP contribution in [0.15, 0.2) is 91.0 Å². The van der Waals surface area contributed by atoms with Gasteiger partial charge >= 0.3 is 0 Å². The number of nitrogens with zero attached hydrogens (tertiary/aromatic N) is 2. The standard InChI is InChI=1S/C30H35N3O3/c34-28(17-16-25-10-4-1-5-11-25)33(24-26-12-6-2-7-13-26)29(27-14-8-3-9-15-27)30(35)31-18-19-32-20-22-36-23-21-32/h1-15,29H,16-24H2,(H,31,35)/t29-/m0/s1. The van der Waals surface area contributed by atoms with Gasteiger partial charge in [0.25, 0.3) is 0 Å². The van der Waals surface area contributed by atoms with Gasteiger partial charge in [-0.15, -0.1) is 0 Å². The molecule has 0 aliphatic carbocycles. The summed E-state index contributed by atoms with van der Waals surface area (Å²) in [4.78, 5) is 31.4. The maximum Gasteiger partial charge on any atom is 0.247 e. The van der Waals surface area contributed by atoms with Gasteiger partial charge in [0.05, 0.1) is 13.2 Å². The Morgan fingerprint density at radius 1 is 0.833 bits per heavy atom. The number of carbonyl (C=O) groups is 2. The van der Waals surface area contributed by atoms with Gasteiger partial charge < -0.3 is 15.0 Å². The summed E-state index contributed by atoms with van der Waals surface area (Å²) in [6.07, 6.45) is 0.965. The van der Waals surface area contributed by atoms with E-state index in [1.807, 2.05) is 91.0 Å². The second-order valence-corrected chi connectivity index (χ2v) is 9.05. The summed E-state index contributed by atoms with van der Waals surface area (Å²) in [7, 11) is 0. The molecule has 1 aliphatic rings. The minimum atomic E-state index is -0.709. The Labute approximate surface area is 213 Å². The molecular weight excluding hydrogens is 450 g/mol. The molecular formula is C30H35N3O3. The van der Waals surface area contributed by atoms with E-state index in [1.165, 1.54) is 0 Å². The van der Waals surface area contributed by atoms with Crippen LogP contribution in [0.25, 0.3) is 0 Å². The third-order valence-electron chi connectivity index (χ3n) is 6.49. The molecule has 0 saturated carbocycles. The van der Waals surface area contributed by atoms with Gasteiger partial charge in [-0.05, 0) is 23.1 Å². The number of amides is 2. The molecule has 0 bridgehead atoms. The van der Waals surface area contributed by atoms with E-state index in [9.17, 15) is 9.59 Å². The van der Waals surface area contributed by atoms with Gasteiger partial charge in [0, 0.05) is 39.1 Å². The number of benzene rings is 3. The van der Waals surface area contributed by atoms with Gasteiger partial charge in [-0.25, -0.2) is 0 Å². The van der Waals surface area contributed by atoms with E-state index < -0.39 is 6.04 Å². The van der Waals surface area contributed by atoms with Gasteiger partial charge in [0.1, 0.15) is 6.04 Å². The monoisotopic (exact) mass is 485 g/mol. The van der Waals surface area contributed by atoms with E-state index in [1.54, 1.807) is 4.90 Å². The summed E-state index contributed by atoms with van der Waals surface area (Å²) >= 11 is 0. The fourth-order valence-electron chi connectivity index (χ4n) is 4.51. The maximum atomic E-state index is 13.7. The smallest absolute Gasteiger partial charge is 0.247 e. The van der Waals surface area contributed by atoms with Crippen molar-refractivity contribution in [2.75, 3.05) is 39.4 Å². The molecule has 1 N–H and O–H groups in total. The molecule has 0 aromatic heterocycles. The van der Waals surface area contributed by atoms with Crippen molar-refractivity contribution in [3.63, 3.8) is 0 Å². The Hall–Kier alpha value is -3.48. The summed E-state index contributed by atoms with van der Waals surface area (Å²) in [5.74, 6) is -0.196. The molecule has 1 saturated heterocycles. The predicted octanol–water partition coefficient (Wildman–Crippen LogP) is 3.84. The van der Waals surface area contributed by atoms with Crippen LogP contribution >= 0.6 is 0 Å². The van der Waals surface area contributed by atoms with Crippen LogP contribution in [0.1, 0.15) is 29.2 Å². The molecule has 4 rings (SSSR count). The first-order valence-electron chi connectivity index (χ1n) is 12.7. The van der Waals surface area contributed by atoms with E-state index in [-0.39, 0.29) is 11.8 Å². The third kappa shape index (κ3) is 7.51.